The highest BCUT2D eigenvalue weighted by molar-refractivity contribution is 7.89. The van der Waals surface area contributed by atoms with Gasteiger partial charge in [-0.2, -0.15) is 4.31 Å². The third-order valence-electron chi connectivity index (χ3n) is 4.90. The van der Waals surface area contributed by atoms with Crippen LogP contribution in [0.25, 0.3) is 0 Å². The summed E-state index contributed by atoms with van der Waals surface area (Å²) in [5.74, 6) is -0.639. The maximum Gasteiger partial charge on any atom is 0.338 e. The van der Waals surface area contributed by atoms with E-state index in [0.717, 1.165) is 25.7 Å². The number of carbonyl (C=O) groups excluding carboxylic acids is 2. The lowest BCUT2D eigenvalue weighted by molar-refractivity contribution is -0.124. The molecule has 1 aliphatic heterocycles. The number of benzene rings is 1. The minimum atomic E-state index is -3.76. The van der Waals surface area contributed by atoms with Gasteiger partial charge in [-0.15, -0.1) is 0 Å². The van der Waals surface area contributed by atoms with Gasteiger partial charge in [0.25, 0.3) is 5.91 Å². The summed E-state index contributed by atoms with van der Waals surface area (Å²) in [7, 11) is -3.76. The molecule has 0 aromatic heterocycles. The van der Waals surface area contributed by atoms with Gasteiger partial charge in [0.1, 0.15) is 4.90 Å². The molecular formula is C18H23ClN2O5S. The fourth-order valence-electron chi connectivity index (χ4n) is 3.12. The summed E-state index contributed by atoms with van der Waals surface area (Å²) in [6.07, 6.45) is 3.79. The van der Waals surface area contributed by atoms with Gasteiger partial charge in [0.15, 0.2) is 6.61 Å². The van der Waals surface area contributed by atoms with Crippen LogP contribution in [0, 0.1) is 5.92 Å². The molecule has 1 heterocycles. The van der Waals surface area contributed by atoms with Crippen LogP contribution in [0.4, 0.5) is 0 Å². The van der Waals surface area contributed by atoms with Crippen LogP contribution in [0.15, 0.2) is 23.1 Å². The second-order valence-corrected chi connectivity index (χ2v) is 9.34. The van der Waals surface area contributed by atoms with Gasteiger partial charge in [0.2, 0.25) is 10.0 Å². The molecule has 1 N–H and O–H groups in total. The first-order valence-electron chi connectivity index (χ1n) is 9.05. The van der Waals surface area contributed by atoms with E-state index >= 15 is 0 Å². The van der Waals surface area contributed by atoms with E-state index in [0.29, 0.717) is 19.0 Å². The second kappa shape index (κ2) is 8.16. The van der Waals surface area contributed by atoms with Gasteiger partial charge in [-0.25, -0.2) is 13.2 Å². The van der Waals surface area contributed by atoms with Gasteiger partial charge in [-0.3, -0.25) is 4.79 Å². The minimum Gasteiger partial charge on any atom is -0.452 e. The lowest BCUT2D eigenvalue weighted by Crippen LogP contribution is -2.37. The van der Waals surface area contributed by atoms with Crippen LogP contribution in [0.2, 0.25) is 5.02 Å². The first-order chi connectivity index (χ1) is 12.8. The van der Waals surface area contributed by atoms with Crippen molar-refractivity contribution in [3.05, 3.63) is 28.8 Å². The Kier molecular flexibility index (Phi) is 6.08. The number of hydrogen-bond donors (Lipinski definition) is 1. The van der Waals surface area contributed by atoms with Crippen molar-refractivity contribution in [3.8, 4) is 0 Å². The number of halogens is 1. The summed E-state index contributed by atoms with van der Waals surface area (Å²) in [5.41, 5.74) is 0.0419. The van der Waals surface area contributed by atoms with Crippen molar-refractivity contribution in [2.75, 3.05) is 19.7 Å². The molecule has 7 nitrogen and oxygen atoms in total. The Hall–Kier alpha value is -1.64. The van der Waals surface area contributed by atoms with E-state index in [4.69, 9.17) is 16.3 Å². The summed E-state index contributed by atoms with van der Waals surface area (Å²) in [6, 6.07) is 4.02. The second-order valence-electron chi connectivity index (χ2n) is 7.03. The van der Waals surface area contributed by atoms with Crippen LogP contribution in [0.5, 0.6) is 0 Å². The third kappa shape index (κ3) is 4.80. The monoisotopic (exact) mass is 414 g/mol. The third-order valence-corrected chi connectivity index (χ3v) is 7.28. The zero-order valence-electron chi connectivity index (χ0n) is 15.1. The van der Waals surface area contributed by atoms with Gasteiger partial charge < -0.3 is 10.1 Å². The van der Waals surface area contributed by atoms with E-state index in [1.54, 1.807) is 0 Å². The van der Waals surface area contributed by atoms with Gasteiger partial charge in [-0.05, 0) is 56.7 Å². The van der Waals surface area contributed by atoms with Gasteiger partial charge in [-0.1, -0.05) is 11.6 Å². The van der Waals surface area contributed by atoms with Gasteiger partial charge in [0.05, 0.1) is 10.6 Å². The highest BCUT2D eigenvalue weighted by Gasteiger charge is 2.31. The Labute approximate surface area is 164 Å². The van der Waals surface area contributed by atoms with E-state index in [-0.39, 0.29) is 27.4 Å². The Morgan fingerprint density at radius 2 is 1.96 bits per heavy atom. The number of ether oxygens (including phenoxy) is 1. The van der Waals surface area contributed by atoms with Crippen LogP contribution in [0.1, 0.15) is 43.0 Å². The average molecular weight is 415 g/mol. The molecule has 1 aliphatic carbocycles. The van der Waals surface area contributed by atoms with Crippen LogP contribution in [0.3, 0.4) is 0 Å². The molecule has 0 radical (unpaired) electrons. The van der Waals surface area contributed by atoms with E-state index < -0.39 is 22.6 Å². The molecule has 1 saturated carbocycles. The molecule has 0 unspecified atom stereocenters. The van der Waals surface area contributed by atoms with E-state index in [2.05, 4.69) is 5.32 Å². The number of esters is 1. The molecular weight excluding hydrogens is 392 g/mol. The van der Waals surface area contributed by atoms with E-state index in [9.17, 15) is 18.0 Å². The number of rotatable bonds is 7. The summed E-state index contributed by atoms with van der Waals surface area (Å²) < 4.78 is 31.8. The fraction of sp³-hybridized carbons (Fsp3) is 0.556. The highest BCUT2D eigenvalue weighted by atomic mass is 35.5. The fourth-order valence-corrected chi connectivity index (χ4v) is 5.14. The first kappa shape index (κ1) is 20.1. The standard InChI is InChI=1S/C18H23ClN2O5S/c1-12(13-4-5-13)20-17(22)11-26-18(23)14-6-7-15(19)16(10-14)27(24,25)21-8-2-3-9-21/h6-7,10,12-13H,2-5,8-9,11H2,1H3,(H,20,22)/t12-/m0/s1. The molecule has 2 aliphatic rings. The van der Waals surface area contributed by atoms with Crippen molar-refractivity contribution in [1.29, 1.82) is 0 Å². The molecule has 9 heteroatoms. The Bertz CT molecular complexity index is 832. The largest absolute Gasteiger partial charge is 0.452 e. The lowest BCUT2D eigenvalue weighted by Gasteiger charge is -2.17. The van der Waals surface area contributed by atoms with Gasteiger partial charge in [0, 0.05) is 19.1 Å². The summed E-state index contributed by atoms with van der Waals surface area (Å²) in [6.45, 7) is 2.39. The summed E-state index contributed by atoms with van der Waals surface area (Å²) in [5, 5.41) is 2.84. The van der Waals surface area contributed by atoms with Crippen molar-refractivity contribution in [1.82, 2.24) is 9.62 Å². The predicted molar refractivity (Wildman–Crippen MR) is 100 cm³/mol. The number of sulfonamides is 1. The van der Waals surface area contributed by atoms with Crippen molar-refractivity contribution in [2.45, 2.75) is 43.5 Å². The zero-order chi connectivity index (χ0) is 19.6. The number of amides is 1. The predicted octanol–water partition coefficient (Wildman–Crippen LogP) is 2.20. The SMILES string of the molecule is C[C@H](NC(=O)COC(=O)c1ccc(Cl)c(S(=O)(=O)N2CCCC2)c1)C1CC1. The highest BCUT2D eigenvalue weighted by Crippen LogP contribution is 2.32. The van der Waals surface area contributed by atoms with Crippen LogP contribution >= 0.6 is 11.6 Å². The molecule has 1 saturated heterocycles. The van der Waals surface area contributed by atoms with Crippen LogP contribution in [-0.4, -0.2) is 50.3 Å². The number of carbonyl (C=O) groups is 2. The Morgan fingerprint density at radius 1 is 1.30 bits per heavy atom. The smallest absolute Gasteiger partial charge is 0.338 e. The quantitative estimate of drug-likeness (QED) is 0.690. The Morgan fingerprint density at radius 3 is 2.59 bits per heavy atom. The molecule has 148 valence electrons. The molecule has 1 aromatic carbocycles. The molecule has 3 rings (SSSR count). The average Bonchev–Trinajstić information content (AvgIpc) is 3.33. The molecule has 2 fully saturated rings. The van der Waals surface area contributed by atoms with Crippen LogP contribution in [-0.2, 0) is 19.6 Å². The minimum absolute atomic E-state index is 0.0419. The molecule has 0 bridgehead atoms. The maximum absolute atomic E-state index is 12.7. The number of hydrogen-bond acceptors (Lipinski definition) is 5. The first-order valence-corrected chi connectivity index (χ1v) is 10.9. The molecule has 1 aromatic rings. The van der Waals surface area contributed by atoms with E-state index in [1.807, 2.05) is 6.92 Å². The van der Waals surface area contributed by atoms with Crippen molar-refractivity contribution in [2.24, 2.45) is 5.92 Å². The van der Waals surface area contributed by atoms with Crippen molar-refractivity contribution in [3.63, 3.8) is 0 Å². The number of nitrogens with one attached hydrogen (secondary N) is 1. The number of nitrogens with zero attached hydrogens (tertiary/aromatic N) is 1. The topological polar surface area (TPSA) is 92.8 Å². The molecule has 27 heavy (non-hydrogen) atoms. The lowest BCUT2D eigenvalue weighted by atomic mass is 10.2. The summed E-state index contributed by atoms with van der Waals surface area (Å²) in [4.78, 5) is 24.0. The summed E-state index contributed by atoms with van der Waals surface area (Å²) >= 11 is 6.06. The molecule has 0 spiro atoms. The maximum atomic E-state index is 12.7. The van der Waals surface area contributed by atoms with Crippen LogP contribution < -0.4 is 5.32 Å². The zero-order valence-corrected chi connectivity index (χ0v) is 16.7. The molecule has 1 atom stereocenters. The van der Waals surface area contributed by atoms with Crippen molar-refractivity contribution >= 4 is 33.5 Å². The van der Waals surface area contributed by atoms with E-state index in [1.165, 1.54) is 22.5 Å². The molecule has 1 amide bonds. The van der Waals surface area contributed by atoms with Crippen molar-refractivity contribution < 1.29 is 22.7 Å². The Balaban J connectivity index is 1.65. The van der Waals surface area contributed by atoms with Gasteiger partial charge >= 0.3 is 5.97 Å². The normalized spacial score (nSPS) is 18.9.